The van der Waals surface area contributed by atoms with Crippen LogP contribution in [0.1, 0.15) is 56.7 Å². The average molecular weight is 711 g/mol. The van der Waals surface area contributed by atoms with Crippen LogP contribution in [0.5, 0.6) is 0 Å². The number of nitrogens with two attached hydrogens (primary N) is 1. The summed E-state index contributed by atoms with van der Waals surface area (Å²) in [7, 11) is 0. The number of carbonyl (C=O) groups is 8. The van der Waals surface area contributed by atoms with Crippen LogP contribution in [-0.2, 0) is 51.2 Å². The summed E-state index contributed by atoms with van der Waals surface area (Å²) in [6.07, 6.45) is 3.83. The van der Waals surface area contributed by atoms with Gasteiger partial charge in [0, 0.05) is 44.1 Å². The van der Waals surface area contributed by atoms with E-state index in [9.17, 15) is 38.4 Å². The fourth-order valence-electron chi connectivity index (χ4n) is 5.12. The lowest BCUT2D eigenvalue weighted by molar-refractivity contribution is -0.134. The number of hydrogen-bond acceptors (Lipinski definition) is 9. The summed E-state index contributed by atoms with van der Waals surface area (Å²) in [4.78, 5) is 110. The van der Waals surface area contributed by atoms with Crippen LogP contribution in [0.3, 0.4) is 0 Å². The Morgan fingerprint density at radius 3 is 2.29 bits per heavy atom. The monoisotopic (exact) mass is 710 g/mol. The number of nitrogens with zero attached hydrogens (tertiary/aromatic N) is 1. The summed E-state index contributed by atoms with van der Waals surface area (Å²) in [6.45, 7) is 0.734. The third-order valence-electron chi connectivity index (χ3n) is 7.86. The lowest BCUT2D eigenvalue weighted by atomic mass is 10.0. The fraction of sp³-hybridized carbons (Fsp3) is 0.485. The highest BCUT2D eigenvalue weighted by molar-refractivity contribution is 5.96. The fourth-order valence-corrected chi connectivity index (χ4v) is 5.12. The van der Waals surface area contributed by atoms with Gasteiger partial charge in [-0.3, -0.25) is 38.4 Å². The van der Waals surface area contributed by atoms with Gasteiger partial charge in [0.05, 0.1) is 19.4 Å². The number of H-pyrrole nitrogens is 1. The molecule has 8 amide bonds. The predicted molar refractivity (Wildman–Crippen MR) is 182 cm³/mol. The molecular formula is C33H46N10O8. The third kappa shape index (κ3) is 14.3. The molecule has 3 rings (SSSR count). The van der Waals surface area contributed by atoms with Crippen LogP contribution in [0, 0.1) is 0 Å². The minimum Gasteiger partial charge on any atom is -0.368 e. The molecule has 0 radical (unpaired) electrons. The Kier molecular flexibility index (Phi) is 16.0. The third-order valence-corrected chi connectivity index (χ3v) is 7.86. The summed E-state index contributed by atoms with van der Waals surface area (Å²) in [5.41, 5.74) is 6.31. The second-order valence-electron chi connectivity index (χ2n) is 12.0. The maximum absolute atomic E-state index is 13.8. The summed E-state index contributed by atoms with van der Waals surface area (Å²) in [5, 5.41) is 17.9. The van der Waals surface area contributed by atoms with E-state index in [2.05, 4.69) is 47.2 Å². The van der Waals surface area contributed by atoms with Gasteiger partial charge in [0.15, 0.2) is 0 Å². The molecule has 1 fully saturated rings. The zero-order valence-corrected chi connectivity index (χ0v) is 28.4. The molecule has 2 aromatic rings. The second kappa shape index (κ2) is 20.6. The SMILES string of the molecule is CCCCC(=O)N[C@H]1CCC(=O)NCC[C@@H](C(=O)NCC(N)=O)NC(=O)CNC(=O)[C@@H](Cc2ccccc2)NC(=O)[C@H](Cc2cnc[nH]2)NC1=O. The van der Waals surface area contributed by atoms with Crippen molar-refractivity contribution in [1.82, 2.24) is 47.2 Å². The normalized spacial score (nSPS) is 21.2. The van der Waals surface area contributed by atoms with Crippen molar-refractivity contribution in [2.24, 2.45) is 5.73 Å². The van der Waals surface area contributed by atoms with Gasteiger partial charge >= 0.3 is 0 Å². The van der Waals surface area contributed by atoms with Crippen molar-refractivity contribution in [1.29, 1.82) is 0 Å². The van der Waals surface area contributed by atoms with Crippen molar-refractivity contribution in [2.75, 3.05) is 19.6 Å². The maximum Gasteiger partial charge on any atom is 0.243 e. The average Bonchev–Trinajstić information content (AvgIpc) is 3.62. The Hall–Kier alpha value is -5.81. The van der Waals surface area contributed by atoms with Crippen molar-refractivity contribution in [2.45, 2.75) is 82.5 Å². The van der Waals surface area contributed by atoms with Gasteiger partial charge in [0.2, 0.25) is 47.3 Å². The van der Waals surface area contributed by atoms with E-state index in [4.69, 9.17) is 5.73 Å². The Labute approximate surface area is 294 Å². The zero-order valence-electron chi connectivity index (χ0n) is 28.4. The van der Waals surface area contributed by atoms with Crippen molar-refractivity contribution < 1.29 is 38.4 Å². The number of carbonyl (C=O) groups excluding carboxylic acids is 8. The lowest BCUT2D eigenvalue weighted by Gasteiger charge is -2.25. The molecule has 1 aromatic carbocycles. The van der Waals surface area contributed by atoms with Crippen molar-refractivity contribution in [3.05, 3.63) is 54.1 Å². The van der Waals surface area contributed by atoms with Crippen LogP contribution in [0.2, 0.25) is 0 Å². The predicted octanol–water partition coefficient (Wildman–Crippen LogP) is -2.66. The molecule has 1 saturated heterocycles. The maximum atomic E-state index is 13.8. The van der Waals surface area contributed by atoms with Crippen LogP contribution in [0.25, 0.3) is 0 Å². The number of benzene rings is 1. The smallest absolute Gasteiger partial charge is 0.243 e. The first kappa shape index (κ1) is 39.6. The Balaban J connectivity index is 1.94. The van der Waals surface area contributed by atoms with E-state index in [-0.39, 0.29) is 45.1 Å². The molecule has 4 atom stereocenters. The molecular weight excluding hydrogens is 664 g/mol. The first-order valence-electron chi connectivity index (χ1n) is 16.8. The van der Waals surface area contributed by atoms with Gasteiger partial charge < -0.3 is 47.9 Å². The van der Waals surface area contributed by atoms with E-state index >= 15 is 0 Å². The summed E-state index contributed by atoms with van der Waals surface area (Å²) in [5.74, 6) is -5.45. The minimum absolute atomic E-state index is 0.0206. The molecule has 0 bridgehead atoms. The minimum atomic E-state index is -1.25. The zero-order chi connectivity index (χ0) is 37.2. The molecule has 0 unspecified atom stereocenters. The molecule has 0 saturated carbocycles. The van der Waals surface area contributed by atoms with Gasteiger partial charge in [-0.2, -0.15) is 0 Å². The van der Waals surface area contributed by atoms with Gasteiger partial charge in [-0.15, -0.1) is 0 Å². The van der Waals surface area contributed by atoms with Crippen molar-refractivity contribution in [3.8, 4) is 0 Å². The molecule has 0 spiro atoms. The van der Waals surface area contributed by atoms with E-state index in [1.807, 2.05) is 6.92 Å². The first-order chi connectivity index (χ1) is 24.4. The number of unbranched alkanes of at least 4 members (excludes halogenated alkanes) is 1. The highest BCUT2D eigenvalue weighted by Crippen LogP contribution is 2.08. The van der Waals surface area contributed by atoms with Gasteiger partial charge in [0.25, 0.3) is 0 Å². The van der Waals surface area contributed by atoms with E-state index in [0.717, 1.165) is 6.42 Å². The Morgan fingerprint density at radius 1 is 0.882 bits per heavy atom. The first-order valence-corrected chi connectivity index (χ1v) is 16.8. The molecule has 0 aliphatic carbocycles. The highest BCUT2D eigenvalue weighted by atomic mass is 16.2. The van der Waals surface area contributed by atoms with Gasteiger partial charge in [0.1, 0.15) is 24.2 Å². The Bertz CT molecular complexity index is 1520. The van der Waals surface area contributed by atoms with Crippen LogP contribution in [0.4, 0.5) is 0 Å². The molecule has 10 N–H and O–H groups in total. The number of aromatic nitrogens is 2. The Morgan fingerprint density at radius 2 is 1.61 bits per heavy atom. The summed E-state index contributed by atoms with van der Waals surface area (Å²) >= 11 is 0. The second-order valence-corrected chi connectivity index (χ2v) is 12.0. The highest BCUT2D eigenvalue weighted by Gasteiger charge is 2.31. The van der Waals surface area contributed by atoms with Crippen molar-refractivity contribution >= 4 is 47.3 Å². The number of imidazole rings is 1. The molecule has 276 valence electrons. The van der Waals surface area contributed by atoms with Gasteiger partial charge in [-0.1, -0.05) is 43.7 Å². The van der Waals surface area contributed by atoms with Crippen LogP contribution in [-0.4, -0.2) is 101 Å². The molecule has 18 heteroatoms. The largest absolute Gasteiger partial charge is 0.368 e. The van der Waals surface area contributed by atoms with Crippen LogP contribution < -0.4 is 43.0 Å². The number of rotatable bonds is 11. The molecule has 1 aliphatic rings. The van der Waals surface area contributed by atoms with Crippen LogP contribution in [0.15, 0.2) is 42.9 Å². The number of nitrogens with one attached hydrogen (secondary N) is 8. The van der Waals surface area contributed by atoms with E-state index < -0.39 is 84.5 Å². The van der Waals surface area contributed by atoms with E-state index in [1.165, 1.54) is 12.5 Å². The topological polar surface area (TPSA) is 275 Å². The standard InChI is InChI=1S/C33H46N10O8/c1-2-3-9-28(46)40-22-10-11-27(45)36-13-12-23(30(48)37-17-26(34)44)41-29(47)18-38-31(49)24(14-20-7-5-4-6-8-20)42-33(51)25(43-32(22)50)15-21-16-35-19-39-21/h4-8,16,19,22-25H,2-3,9-15,17-18H2,1H3,(H2,34,44)(H,35,39)(H,36,45)(H,37,48)(H,38,49)(H,40,46)(H,41,47)(H,42,51)(H,43,50)/t22-,23-,24+,25-/m0/s1. The van der Waals surface area contributed by atoms with Gasteiger partial charge in [-0.05, 0) is 24.8 Å². The molecule has 18 nitrogen and oxygen atoms in total. The number of amides is 8. The molecule has 51 heavy (non-hydrogen) atoms. The molecule has 1 aliphatic heterocycles. The number of hydrogen-bond donors (Lipinski definition) is 9. The number of primary amides is 1. The quantitative estimate of drug-likeness (QED) is 0.118. The van der Waals surface area contributed by atoms with Gasteiger partial charge in [-0.25, -0.2) is 4.98 Å². The van der Waals surface area contributed by atoms with E-state index in [0.29, 0.717) is 17.7 Å². The lowest BCUT2D eigenvalue weighted by Crippen LogP contribution is -2.58. The summed E-state index contributed by atoms with van der Waals surface area (Å²) in [6, 6.07) is 3.91. The molecule has 2 heterocycles. The van der Waals surface area contributed by atoms with Crippen molar-refractivity contribution in [3.63, 3.8) is 0 Å². The van der Waals surface area contributed by atoms with E-state index in [1.54, 1.807) is 30.3 Å². The number of aromatic amines is 1. The molecule has 1 aromatic heterocycles. The summed E-state index contributed by atoms with van der Waals surface area (Å²) < 4.78 is 0. The van der Waals surface area contributed by atoms with Crippen LogP contribution >= 0.6 is 0 Å².